The van der Waals surface area contributed by atoms with E-state index in [1.165, 1.54) is 218 Å². The van der Waals surface area contributed by atoms with Crippen LogP contribution in [0.25, 0.3) is 0 Å². The molecule has 0 spiro atoms. The van der Waals surface area contributed by atoms with E-state index in [1.54, 1.807) is 0 Å². The lowest BCUT2D eigenvalue weighted by Gasteiger charge is -2.15. The molecule has 0 saturated heterocycles. The number of hydrogen-bond donors (Lipinski definition) is 1. The summed E-state index contributed by atoms with van der Waals surface area (Å²) in [5.74, 6) is -0.592. The molecule has 0 bridgehead atoms. The van der Waals surface area contributed by atoms with Gasteiger partial charge in [0.15, 0.2) is 6.10 Å². The molecule has 5 heteroatoms. The Morgan fingerprint density at radius 3 is 1.02 bits per heavy atom. The Morgan fingerprint density at radius 2 is 0.667 bits per heavy atom. The molecular formula is C55H104O5. The first-order chi connectivity index (χ1) is 29.6. The lowest BCUT2D eigenvalue weighted by Crippen LogP contribution is -2.28. The zero-order valence-electron chi connectivity index (χ0n) is 40.5. The van der Waals surface area contributed by atoms with Gasteiger partial charge < -0.3 is 14.6 Å². The van der Waals surface area contributed by atoms with Crippen molar-refractivity contribution >= 4 is 11.9 Å². The smallest absolute Gasteiger partial charge is 0.306 e. The van der Waals surface area contributed by atoms with E-state index in [-0.39, 0.29) is 25.2 Å². The quantitative estimate of drug-likeness (QED) is 0.0375. The molecule has 0 aliphatic heterocycles. The van der Waals surface area contributed by atoms with Crippen molar-refractivity contribution in [2.24, 2.45) is 0 Å². The highest BCUT2D eigenvalue weighted by molar-refractivity contribution is 5.70. The number of carbonyl (C=O) groups is 2. The van der Waals surface area contributed by atoms with Crippen LogP contribution in [0.4, 0.5) is 0 Å². The fourth-order valence-electron chi connectivity index (χ4n) is 8.18. The van der Waals surface area contributed by atoms with Gasteiger partial charge in [-0.25, -0.2) is 0 Å². The molecule has 1 atom stereocenters. The van der Waals surface area contributed by atoms with Crippen LogP contribution in [-0.4, -0.2) is 36.4 Å². The summed E-state index contributed by atoms with van der Waals surface area (Å²) in [6, 6.07) is 0. The van der Waals surface area contributed by atoms with Crippen LogP contribution in [-0.2, 0) is 19.1 Å². The topological polar surface area (TPSA) is 72.8 Å². The van der Waals surface area contributed by atoms with Crippen molar-refractivity contribution in [1.82, 2.24) is 0 Å². The van der Waals surface area contributed by atoms with Gasteiger partial charge in [-0.15, -0.1) is 0 Å². The summed E-state index contributed by atoms with van der Waals surface area (Å²) in [6.07, 6.45) is 64.4. The number of allylic oxidation sites excluding steroid dienone is 4. The van der Waals surface area contributed by atoms with E-state index in [0.29, 0.717) is 12.8 Å². The average Bonchev–Trinajstić information content (AvgIpc) is 3.25. The summed E-state index contributed by atoms with van der Waals surface area (Å²) in [4.78, 5) is 24.4. The Bertz CT molecular complexity index is 913. The molecule has 0 saturated carbocycles. The van der Waals surface area contributed by atoms with Crippen LogP contribution in [0.2, 0.25) is 0 Å². The molecule has 1 unspecified atom stereocenters. The van der Waals surface area contributed by atoms with Crippen LogP contribution < -0.4 is 0 Å². The minimum atomic E-state index is -0.775. The van der Waals surface area contributed by atoms with Crippen LogP contribution in [0.5, 0.6) is 0 Å². The first-order valence-electron chi connectivity index (χ1n) is 26.9. The van der Waals surface area contributed by atoms with E-state index < -0.39 is 6.10 Å². The fraction of sp³-hybridized carbons (Fsp3) is 0.891. The van der Waals surface area contributed by atoms with Gasteiger partial charge >= 0.3 is 11.9 Å². The Kier molecular flexibility index (Phi) is 50.3. The monoisotopic (exact) mass is 845 g/mol. The Labute approximate surface area is 374 Å². The molecule has 0 aliphatic carbocycles. The van der Waals surface area contributed by atoms with Crippen molar-refractivity contribution in [3.05, 3.63) is 24.3 Å². The lowest BCUT2D eigenvalue weighted by molar-refractivity contribution is -0.161. The molecule has 0 aromatic carbocycles. The second-order valence-corrected chi connectivity index (χ2v) is 18.3. The molecule has 60 heavy (non-hydrogen) atoms. The third-order valence-corrected chi connectivity index (χ3v) is 12.2. The maximum atomic E-state index is 12.2. The van der Waals surface area contributed by atoms with Crippen molar-refractivity contribution in [2.75, 3.05) is 13.2 Å². The van der Waals surface area contributed by atoms with Crippen LogP contribution in [0, 0.1) is 0 Å². The number of unbranched alkanes of at least 4 members (excludes halogenated alkanes) is 38. The van der Waals surface area contributed by atoms with E-state index in [4.69, 9.17) is 9.47 Å². The predicted octanol–water partition coefficient (Wildman–Crippen LogP) is 17.8. The van der Waals surface area contributed by atoms with Crippen molar-refractivity contribution < 1.29 is 24.2 Å². The van der Waals surface area contributed by atoms with Crippen molar-refractivity contribution in [3.8, 4) is 0 Å². The predicted molar refractivity (Wildman–Crippen MR) is 261 cm³/mol. The van der Waals surface area contributed by atoms with Crippen molar-refractivity contribution in [1.29, 1.82) is 0 Å². The highest BCUT2D eigenvalue weighted by atomic mass is 16.6. The summed E-state index contributed by atoms with van der Waals surface area (Å²) in [5, 5.41) is 9.61. The first-order valence-corrected chi connectivity index (χ1v) is 26.9. The van der Waals surface area contributed by atoms with Gasteiger partial charge in [0.25, 0.3) is 0 Å². The molecule has 0 aromatic heterocycles. The number of aliphatic hydroxyl groups is 1. The van der Waals surface area contributed by atoms with Gasteiger partial charge in [0.05, 0.1) is 6.61 Å². The maximum Gasteiger partial charge on any atom is 0.306 e. The van der Waals surface area contributed by atoms with E-state index in [0.717, 1.165) is 51.4 Å². The van der Waals surface area contributed by atoms with Crippen LogP contribution in [0.1, 0.15) is 296 Å². The molecular weight excluding hydrogens is 741 g/mol. The van der Waals surface area contributed by atoms with E-state index in [9.17, 15) is 14.7 Å². The number of rotatable bonds is 50. The normalized spacial score (nSPS) is 12.2. The number of ether oxygens (including phenoxy) is 2. The fourth-order valence-corrected chi connectivity index (χ4v) is 8.18. The third-order valence-electron chi connectivity index (χ3n) is 12.2. The molecule has 5 nitrogen and oxygen atoms in total. The molecule has 0 rings (SSSR count). The van der Waals surface area contributed by atoms with Gasteiger partial charge in [-0.3, -0.25) is 9.59 Å². The standard InChI is InChI=1S/C55H104O5/c1-3-5-7-9-11-13-15-17-19-20-21-22-23-24-25-26-27-28-29-30-31-32-33-34-36-37-39-41-43-45-47-49-54(57)59-52-53(51-56)60-55(58)50-48-46-44-42-40-38-35-18-16-14-12-10-8-6-4-2/h12,14,18,35,53,56H,3-11,13,15-17,19-34,36-52H2,1-2H3/b14-12-,35-18-. The van der Waals surface area contributed by atoms with E-state index in [2.05, 4.69) is 38.2 Å². The first kappa shape index (κ1) is 58.4. The van der Waals surface area contributed by atoms with Gasteiger partial charge in [0.2, 0.25) is 0 Å². The van der Waals surface area contributed by atoms with Crippen LogP contribution >= 0.6 is 0 Å². The minimum absolute atomic E-state index is 0.0666. The summed E-state index contributed by atoms with van der Waals surface area (Å²) in [6.45, 7) is 4.14. The Balaban J connectivity index is 3.39. The number of aliphatic hydroxyl groups excluding tert-OH is 1. The Hall–Kier alpha value is -1.62. The summed E-state index contributed by atoms with van der Waals surface area (Å²) in [7, 11) is 0. The summed E-state index contributed by atoms with van der Waals surface area (Å²) >= 11 is 0. The van der Waals surface area contributed by atoms with Gasteiger partial charge in [-0.05, 0) is 44.9 Å². The molecule has 0 fully saturated rings. The summed E-state index contributed by atoms with van der Waals surface area (Å²) < 4.78 is 10.7. The van der Waals surface area contributed by atoms with Gasteiger partial charge in [0.1, 0.15) is 6.61 Å². The van der Waals surface area contributed by atoms with Crippen molar-refractivity contribution in [3.63, 3.8) is 0 Å². The molecule has 0 heterocycles. The zero-order chi connectivity index (χ0) is 43.5. The number of hydrogen-bond acceptors (Lipinski definition) is 5. The molecule has 1 N–H and O–H groups in total. The van der Waals surface area contributed by atoms with Crippen LogP contribution in [0.15, 0.2) is 24.3 Å². The maximum absolute atomic E-state index is 12.2. The molecule has 0 aromatic rings. The second-order valence-electron chi connectivity index (χ2n) is 18.3. The van der Waals surface area contributed by atoms with Gasteiger partial charge in [0, 0.05) is 12.8 Å². The molecule has 354 valence electrons. The minimum Gasteiger partial charge on any atom is -0.462 e. The van der Waals surface area contributed by atoms with Crippen molar-refractivity contribution in [2.45, 2.75) is 302 Å². The average molecular weight is 845 g/mol. The van der Waals surface area contributed by atoms with E-state index >= 15 is 0 Å². The van der Waals surface area contributed by atoms with Gasteiger partial charge in [-0.1, -0.05) is 263 Å². The summed E-state index contributed by atoms with van der Waals surface area (Å²) in [5.41, 5.74) is 0. The van der Waals surface area contributed by atoms with Crippen LogP contribution in [0.3, 0.4) is 0 Å². The lowest BCUT2D eigenvalue weighted by atomic mass is 10.0. The molecule has 0 amide bonds. The largest absolute Gasteiger partial charge is 0.462 e. The highest BCUT2D eigenvalue weighted by Gasteiger charge is 2.16. The third kappa shape index (κ3) is 49.0. The Morgan fingerprint density at radius 1 is 0.383 bits per heavy atom. The zero-order valence-corrected chi connectivity index (χ0v) is 40.5. The van der Waals surface area contributed by atoms with Gasteiger partial charge in [-0.2, -0.15) is 0 Å². The number of esters is 2. The molecule has 0 radical (unpaired) electrons. The number of carbonyl (C=O) groups excluding carboxylic acids is 2. The van der Waals surface area contributed by atoms with E-state index in [1.807, 2.05) is 0 Å². The second kappa shape index (κ2) is 51.7. The molecule has 0 aliphatic rings. The SMILES string of the molecule is CCCCC/C=C\C/C=C\CCCCCCCC(=O)OC(CO)COC(=O)CCCCCCCCCCCCCCCCCCCCCCCCCCCCCCCCC. The highest BCUT2D eigenvalue weighted by Crippen LogP contribution is 2.17.